The molecule has 1 aliphatic heterocycles. The molecule has 0 saturated heterocycles. The average Bonchev–Trinajstić information content (AvgIpc) is 2.73. The number of ether oxygens (including phenoxy) is 1. The van der Waals surface area contributed by atoms with Crippen LogP contribution in [0.1, 0.15) is 29.0 Å². The molecule has 3 aromatic carbocycles. The first-order valence-corrected chi connectivity index (χ1v) is 9.67. The smallest absolute Gasteiger partial charge is 0.336 e. The fourth-order valence-electron chi connectivity index (χ4n) is 4.24. The lowest BCUT2D eigenvalue weighted by Gasteiger charge is -2.28. The Morgan fingerprint density at radius 1 is 0.967 bits per heavy atom. The maximum Gasteiger partial charge on any atom is 0.336 e. The van der Waals surface area contributed by atoms with Crippen molar-refractivity contribution in [3.63, 3.8) is 0 Å². The Labute approximate surface area is 172 Å². The highest BCUT2D eigenvalue weighted by atomic mass is 16.5. The van der Waals surface area contributed by atoms with Gasteiger partial charge in [-0.3, -0.25) is 4.79 Å². The third-order valence-electron chi connectivity index (χ3n) is 5.55. The van der Waals surface area contributed by atoms with Crippen molar-refractivity contribution in [2.75, 3.05) is 0 Å². The van der Waals surface area contributed by atoms with Crippen LogP contribution in [-0.4, -0.2) is 11.1 Å². The van der Waals surface area contributed by atoms with Crippen LogP contribution >= 0.6 is 0 Å². The molecule has 2 heterocycles. The summed E-state index contributed by atoms with van der Waals surface area (Å²) in [5, 5.41) is 10.3. The van der Waals surface area contributed by atoms with E-state index in [1.54, 1.807) is 12.1 Å². The lowest BCUT2D eigenvalue weighted by molar-refractivity contribution is -0.135. The van der Waals surface area contributed by atoms with E-state index in [4.69, 9.17) is 9.15 Å². The summed E-state index contributed by atoms with van der Waals surface area (Å²) in [4.78, 5) is 24.8. The van der Waals surface area contributed by atoms with E-state index in [9.17, 15) is 14.7 Å². The zero-order valence-electron chi connectivity index (χ0n) is 16.2. The predicted molar refractivity (Wildman–Crippen MR) is 113 cm³/mol. The molecule has 0 bridgehead atoms. The van der Waals surface area contributed by atoms with Crippen molar-refractivity contribution in [3.8, 4) is 22.6 Å². The molecule has 30 heavy (non-hydrogen) atoms. The Morgan fingerprint density at radius 2 is 1.70 bits per heavy atom. The van der Waals surface area contributed by atoms with E-state index in [0.717, 1.165) is 22.3 Å². The molecule has 0 spiro atoms. The normalized spacial score (nSPS) is 15.6. The second-order valence-electron chi connectivity index (χ2n) is 7.48. The molecule has 5 heteroatoms. The van der Waals surface area contributed by atoms with E-state index in [1.165, 1.54) is 6.07 Å². The van der Waals surface area contributed by atoms with Gasteiger partial charge in [-0.2, -0.15) is 0 Å². The zero-order chi connectivity index (χ0) is 20.8. The molecule has 1 atom stereocenters. The number of benzene rings is 3. The van der Waals surface area contributed by atoms with E-state index >= 15 is 0 Å². The van der Waals surface area contributed by atoms with Gasteiger partial charge in [-0.15, -0.1) is 0 Å². The third kappa shape index (κ3) is 2.95. The number of esters is 1. The maximum absolute atomic E-state index is 12.6. The van der Waals surface area contributed by atoms with Crippen LogP contribution in [0.3, 0.4) is 0 Å². The fraction of sp³-hybridized carbons (Fsp3) is 0.120. The number of rotatable bonds is 2. The molecule has 1 aromatic heterocycles. The summed E-state index contributed by atoms with van der Waals surface area (Å²) in [7, 11) is 0. The minimum absolute atomic E-state index is 0.167. The quantitative estimate of drug-likeness (QED) is 0.295. The van der Waals surface area contributed by atoms with Crippen molar-refractivity contribution in [1.82, 2.24) is 0 Å². The van der Waals surface area contributed by atoms with Crippen molar-refractivity contribution in [1.29, 1.82) is 0 Å². The van der Waals surface area contributed by atoms with Gasteiger partial charge in [-0.1, -0.05) is 42.5 Å². The molecular weight excluding hydrogens is 380 g/mol. The van der Waals surface area contributed by atoms with Crippen LogP contribution in [0.15, 0.2) is 75.9 Å². The highest BCUT2D eigenvalue weighted by molar-refractivity contribution is 6.01. The lowest BCUT2D eigenvalue weighted by Crippen LogP contribution is -2.22. The summed E-state index contributed by atoms with van der Waals surface area (Å²) in [5.41, 5.74) is 4.10. The summed E-state index contributed by atoms with van der Waals surface area (Å²) in [6.45, 7) is 1.92. The largest absolute Gasteiger partial charge is 0.508 e. The fourth-order valence-corrected chi connectivity index (χ4v) is 4.24. The number of hydrogen-bond acceptors (Lipinski definition) is 5. The summed E-state index contributed by atoms with van der Waals surface area (Å²) in [5.74, 6) is 0.0298. The number of phenols is 1. The van der Waals surface area contributed by atoms with Gasteiger partial charge < -0.3 is 14.3 Å². The summed E-state index contributed by atoms with van der Waals surface area (Å²) in [6.07, 6.45) is 0.196. The Morgan fingerprint density at radius 3 is 2.43 bits per heavy atom. The first-order valence-electron chi connectivity index (χ1n) is 9.67. The molecule has 0 fully saturated rings. The number of hydrogen-bond donors (Lipinski definition) is 1. The monoisotopic (exact) mass is 398 g/mol. The van der Waals surface area contributed by atoms with Crippen molar-refractivity contribution >= 4 is 16.9 Å². The van der Waals surface area contributed by atoms with Crippen LogP contribution in [-0.2, 0) is 4.79 Å². The van der Waals surface area contributed by atoms with E-state index in [1.807, 2.05) is 55.5 Å². The van der Waals surface area contributed by atoms with E-state index in [-0.39, 0.29) is 24.1 Å². The number of carbonyl (C=O) groups is 1. The lowest BCUT2D eigenvalue weighted by atomic mass is 9.82. The zero-order valence-corrected chi connectivity index (χ0v) is 16.2. The molecule has 0 aliphatic carbocycles. The molecule has 0 amide bonds. The van der Waals surface area contributed by atoms with Crippen LogP contribution in [0.5, 0.6) is 11.5 Å². The molecule has 5 nitrogen and oxygen atoms in total. The standard InChI is InChI=1S/C25H18O5/c1-14-11-20-24(19(13-21(27)29-20)15-5-3-2-4-6-15)25-23(14)18(12-22(28)30-25)16-7-9-17(26)10-8-16/h2-11,13,18,26H,12H2,1H3. The Bertz CT molecular complexity index is 1330. The number of carbonyl (C=O) groups excluding carboxylic acids is 1. The van der Waals surface area contributed by atoms with Crippen molar-refractivity contribution in [2.45, 2.75) is 19.3 Å². The highest BCUT2D eigenvalue weighted by Gasteiger charge is 2.33. The van der Waals surface area contributed by atoms with Crippen LogP contribution in [0.25, 0.3) is 22.1 Å². The minimum atomic E-state index is -0.460. The van der Waals surface area contributed by atoms with Gasteiger partial charge in [-0.05, 0) is 41.8 Å². The number of phenolic OH excluding ortho intramolecular Hbond substituents is 1. The van der Waals surface area contributed by atoms with Gasteiger partial charge in [-0.25, -0.2) is 4.79 Å². The van der Waals surface area contributed by atoms with Crippen LogP contribution in [0, 0.1) is 6.92 Å². The molecule has 1 aliphatic rings. The van der Waals surface area contributed by atoms with Gasteiger partial charge in [0.05, 0.1) is 11.8 Å². The molecule has 0 saturated carbocycles. The van der Waals surface area contributed by atoms with Crippen molar-refractivity contribution < 1.29 is 19.1 Å². The van der Waals surface area contributed by atoms with Crippen LogP contribution in [0.2, 0.25) is 0 Å². The maximum atomic E-state index is 12.6. The SMILES string of the molecule is Cc1cc2oc(=O)cc(-c3ccccc3)c2c2c1C(c1ccc(O)cc1)CC(=O)O2. The van der Waals surface area contributed by atoms with E-state index in [0.29, 0.717) is 22.3 Å². The van der Waals surface area contributed by atoms with Gasteiger partial charge in [0.25, 0.3) is 0 Å². The van der Waals surface area contributed by atoms with Gasteiger partial charge in [0, 0.05) is 23.1 Å². The van der Waals surface area contributed by atoms with Crippen molar-refractivity contribution in [3.05, 3.63) is 93.8 Å². The number of aryl methyl sites for hydroxylation is 1. The summed E-state index contributed by atoms with van der Waals surface area (Å²) >= 11 is 0. The predicted octanol–water partition coefficient (Wildman–Crippen LogP) is 4.92. The first kappa shape index (κ1) is 18.2. The van der Waals surface area contributed by atoms with Gasteiger partial charge in [0.2, 0.25) is 0 Å². The van der Waals surface area contributed by atoms with E-state index in [2.05, 4.69) is 0 Å². The Hall–Kier alpha value is -3.86. The summed E-state index contributed by atoms with van der Waals surface area (Å²) in [6, 6.07) is 19.6. The molecule has 148 valence electrons. The topological polar surface area (TPSA) is 76.7 Å². The molecule has 0 radical (unpaired) electrons. The molecule has 5 rings (SSSR count). The van der Waals surface area contributed by atoms with Crippen LogP contribution in [0.4, 0.5) is 0 Å². The molecule has 1 unspecified atom stereocenters. The van der Waals surface area contributed by atoms with Gasteiger partial charge >= 0.3 is 11.6 Å². The van der Waals surface area contributed by atoms with Crippen molar-refractivity contribution in [2.24, 2.45) is 0 Å². The second-order valence-corrected chi connectivity index (χ2v) is 7.48. The molecule has 4 aromatic rings. The second kappa shape index (κ2) is 6.88. The van der Waals surface area contributed by atoms with E-state index < -0.39 is 5.63 Å². The first-order chi connectivity index (χ1) is 14.5. The van der Waals surface area contributed by atoms with Gasteiger partial charge in [0.1, 0.15) is 17.1 Å². The van der Waals surface area contributed by atoms with Crippen LogP contribution < -0.4 is 10.4 Å². The molecule has 1 N–H and O–H groups in total. The molecular formula is C25H18O5. The summed E-state index contributed by atoms with van der Waals surface area (Å²) < 4.78 is 11.2. The Kier molecular flexibility index (Phi) is 4.17. The average molecular weight is 398 g/mol. The third-order valence-corrected chi connectivity index (χ3v) is 5.55. The number of aromatic hydroxyl groups is 1. The Balaban J connectivity index is 1.85. The number of fused-ring (bicyclic) bond motifs is 3. The van der Waals surface area contributed by atoms with Gasteiger partial charge in [0.15, 0.2) is 0 Å². The highest BCUT2D eigenvalue weighted by Crippen LogP contribution is 2.47. The minimum Gasteiger partial charge on any atom is -0.508 e.